The lowest BCUT2D eigenvalue weighted by molar-refractivity contribution is -0.123. The van der Waals surface area contributed by atoms with E-state index >= 15 is 0 Å². The smallest absolute Gasteiger partial charge is 0.293 e. The Bertz CT molecular complexity index is 951. The fourth-order valence-corrected chi connectivity index (χ4v) is 4.74. The van der Waals surface area contributed by atoms with Gasteiger partial charge < -0.3 is 4.74 Å². The van der Waals surface area contributed by atoms with Crippen LogP contribution in [0.2, 0.25) is 0 Å². The van der Waals surface area contributed by atoms with Crippen molar-refractivity contribution in [1.82, 2.24) is 4.90 Å². The van der Waals surface area contributed by atoms with Crippen molar-refractivity contribution in [2.24, 2.45) is 5.92 Å². The third-order valence-corrected chi connectivity index (χ3v) is 6.46. The Morgan fingerprint density at radius 3 is 2.53 bits per heavy atom. The molecule has 0 aromatic heterocycles. The van der Waals surface area contributed by atoms with E-state index in [1.54, 1.807) is 18.2 Å². The average molecular weight is 426 g/mol. The van der Waals surface area contributed by atoms with Crippen molar-refractivity contribution in [2.45, 2.75) is 38.7 Å². The van der Waals surface area contributed by atoms with E-state index in [2.05, 4.69) is 0 Å². The molecule has 4 rings (SSSR count). The first-order valence-electron chi connectivity index (χ1n) is 10.3. The van der Waals surface area contributed by atoms with Gasteiger partial charge in [0.15, 0.2) is 0 Å². The van der Waals surface area contributed by atoms with Crippen LogP contribution in [-0.4, -0.2) is 22.6 Å². The van der Waals surface area contributed by atoms with Gasteiger partial charge in [0.2, 0.25) is 0 Å². The minimum atomic E-state index is -0.289. The fourth-order valence-electron chi connectivity index (χ4n) is 3.90. The minimum Gasteiger partial charge on any atom is -0.488 e. The number of imide groups is 1. The van der Waals surface area contributed by atoms with Crippen LogP contribution in [-0.2, 0) is 11.4 Å². The number of rotatable bonds is 6. The van der Waals surface area contributed by atoms with Crippen molar-refractivity contribution >= 4 is 29.0 Å². The average Bonchev–Trinajstić information content (AvgIpc) is 3.02. The predicted molar refractivity (Wildman–Crippen MR) is 116 cm³/mol. The molecule has 1 aliphatic carbocycles. The van der Waals surface area contributed by atoms with Crippen LogP contribution in [0, 0.1) is 11.7 Å². The highest BCUT2D eigenvalue weighted by atomic mass is 32.2. The van der Waals surface area contributed by atoms with Crippen LogP contribution in [0.1, 0.15) is 43.2 Å². The van der Waals surface area contributed by atoms with E-state index in [0.717, 1.165) is 35.7 Å². The van der Waals surface area contributed by atoms with E-state index in [0.29, 0.717) is 23.1 Å². The zero-order chi connectivity index (χ0) is 20.9. The quantitative estimate of drug-likeness (QED) is 0.531. The monoisotopic (exact) mass is 425 g/mol. The van der Waals surface area contributed by atoms with Crippen LogP contribution >= 0.6 is 11.8 Å². The number of hydrogen-bond donors (Lipinski definition) is 0. The van der Waals surface area contributed by atoms with Gasteiger partial charge in [-0.2, -0.15) is 0 Å². The van der Waals surface area contributed by atoms with Gasteiger partial charge in [-0.15, -0.1) is 0 Å². The summed E-state index contributed by atoms with van der Waals surface area (Å²) in [6.07, 6.45) is 7.49. The van der Waals surface area contributed by atoms with E-state index in [-0.39, 0.29) is 23.6 Å². The van der Waals surface area contributed by atoms with Crippen molar-refractivity contribution in [3.8, 4) is 5.75 Å². The van der Waals surface area contributed by atoms with Crippen LogP contribution in [0.5, 0.6) is 5.75 Å². The lowest BCUT2D eigenvalue weighted by Gasteiger charge is -2.25. The van der Waals surface area contributed by atoms with E-state index < -0.39 is 0 Å². The maximum absolute atomic E-state index is 13.1. The molecule has 1 saturated carbocycles. The van der Waals surface area contributed by atoms with Crippen molar-refractivity contribution in [1.29, 1.82) is 0 Å². The molecule has 2 fully saturated rings. The van der Waals surface area contributed by atoms with Crippen molar-refractivity contribution in [3.63, 3.8) is 0 Å². The predicted octanol–water partition coefficient (Wildman–Crippen LogP) is 6.02. The minimum absolute atomic E-state index is 0.193. The van der Waals surface area contributed by atoms with Crippen LogP contribution in [0.3, 0.4) is 0 Å². The molecule has 1 aliphatic heterocycles. The third-order valence-electron chi connectivity index (χ3n) is 5.55. The number of halogens is 1. The molecule has 0 bridgehead atoms. The Morgan fingerprint density at radius 2 is 1.77 bits per heavy atom. The summed E-state index contributed by atoms with van der Waals surface area (Å²) in [4.78, 5) is 27.1. The topological polar surface area (TPSA) is 46.6 Å². The molecule has 6 heteroatoms. The van der Waals surface area contributed by atoms with Crippen LogP contribution in [0.15, 0.2) is 53.4 Å². The number of carbonyl (C=O) groups excluding carboxylic acids is 2. The van der Waals surface area contributed by atoms with Crippen LogP contribution in [0.25, 0.3) is 6.08 Å². The SMILES string of the molecule is O=C1S/C(=C/c2ccccc2OCc2ccc(F)cc2)C(=O)N1CC1CCCCC1. The van der Waals surface area contributed by atoms with Gasteiger partial charge in [0.05, 0.1) is 4.91 Å². The number of amides is 2. The maximum Gasteiger partial charge on any atom is 0.293 e. The molecular formula is C24H24FNO3S. The standard InChI is InChI=1S/C24H24FNO3S/c25-20-12-10-18(11-13-20)16-29-21-9-5-4-8-19(21)14-22-23(27)26(24(28)30-22)15-17-6-2-1-3-7-17/h4-5,8-14,17H,1-3,6-7,15-16H2/b22-14+. The second-order valence-corrected chi connectivity index (χ2v) is 8.74. The summed E-state index contributed by atoms with van der Waals surface area (Å²) in [7, 11) is 0. The Hall–Kier alpha value is -2.60. The Kier molecular flexibility index (Phi) is 6.53. The summed E-state index contributed by atoms with van der Waals surface area (Å²) >= 11 is 0.991. The fraction of sp³-hybridized carbons (Fsp3) is 0.333. The summed E-state index contributed by atoms with van der Waals surface area (Å²) in [5, 5.41) is -0.193. The Labute approximate surface area is 180 Å². The summed E-state index contributed by atoms with van der Waals surface area (Å²) in [5.41, 5.74) is 1.58. The largest absolute Gasteiger partial charge is 0.488 e. The van der Waals surface area contributed by atoms with Gasteiger partial charge in [-0.1, -0.05) is 49.6 Å². The Balaban J connectivity index is 1.46. The molecule has 30 heavy (non-hydrogen) atoms. The molecule has 2 aromatic rings. The maximum atomic E-state index is 13.1. The zero-order valence-electron chi connectivity index (χ0n) is 16.7. The summed E-state index contributed by atoms with van der Waals surface area (Å²) in [6, 6.07) is 13.5. The molecule has 2 amide bonds. The van der Waals surface area contributed by atoms with E-state index in [9.17, 15) is 14.0 Å². The third kappa shape index (κ3) is 4.93. The van der Waals surface area contributed by atoms with Crippen LogP contribution < -0.4 is 4.74 Å². The van der Waals surface area contributed by atoms with Gasteiger partial charge in [-0.25, -0.2) is 4.39 Å². The Morgan fingerprint density at radius 1 is 1.03 bits per heavy atom. The number of hydrogen-bond acceptors (Lipinski definition) is 4. The molecule has 2 aromatic carbocycles. The second kappa shape index (κ2) is 9.47. The van der Waals surface area contributed by atoms with Gasteiger partial charge in [0, 0.05) is 12.1 Å². The molecular weight excluding hydrogens is 401 g/mol. The highest BCUT2D eigenvalue weighted by molar-refractivity contribution is 8.18. The van der Waals surface area contributed by atoms with Gasteiger partial charge in [0.25, 0.3) is 11.1 Å². The molecule has 0 spiro atoms. The van der Waals surface area contributed by atoms with E-state index in [4.69, 9.17) is 4.74 Å². The molecule has 0 atom stereocenters. The second-order valence-electron chi connectivity index (χ2n) is 7.75. The number of thioether (sulfide) groups is 1. The van der Waals surface area contributed by atoms with Crippen LogP contribution in [0.4, 0.5) is 9.18 Å². The lowest BCUT2D eigenvalue weighted by Crippen LogP contribution is -2.34. The molecule has 1 heterocycles. The number of ether oxygens (including phenoxy) is 1. The van der Waals surface area contributed by atoms with Gasteiger partial charge in [-0.05, 0) is 60.4 Å². The number of para-hydroxylation sites is 1. The summed E-state index contributed by atoms with van der Waals surface area (Å²) < 4.78 is 19.0. The van der Waals surface area contributed by atoms with Gasteiger partial charge in [0.1, 0.15) is 18.2 Å². The zero-order valence-corrected chi connectivity index (χ0v) is 17.5. The molecule has 4 nitrogen and oxygen atoms in total. The number of nitrogens with zero attached hydrogens (tertiary/aromatic N) is 1. The van der Waals surface area contributed by atoms with Gasteiger partial charge in [-0.3, -0.25) is 14.5 Å². The first-order chi connectivity index (χ1) is 14.6. The summed E-state index contributed by atoms with van der Waals surface area (Å²) in [5.74, 6) is 0.519. The lowest BCUT2D eigenvalue weighted by atomic mass is 9.89. The van der Waals surface area contributed by atoms with Crippen molar-refractivity contribution in [3.05, 3.63) is 70.4 Å². The van der Waals surface area contributed by atoms with Crippen molar-refractivity contribution in [2.75, 3.05) is 6.54 Å². The molecule has 0 N–H and O–H groups in total. The van der Waals surface area contributed by atoms with Crippen molar-refractivity contribution < 1.29 is 18.7 Å². The highest BCUT2D eigenvalue weighted by Crippen LogP contribution is 2.36. The number of benzene rings is 2. The first kappa shape index (κ1) is 20.7. The molecule has 0 unspecified atom stereocenters. The molecule has 1 saturated heterocycles. The number of carbonyl (C=O) groups is 2. The highest BCUT2D eigenvalue weighted by Gasteiger charge is 2.36. The van der Waals surface area contributed by atoms with E-state index in [1.807, 2.05) is 24.3 Å². The first-order valence-corrected chi connectivity index (χ1v) is 11.1. The summed E-state index contributed by atoms with van der Waals surface area (Å²) in [6.45, 7) is 0.805. The molecule has 2 aliphatic rings. The molecule has 156 valence electrons. The normalized spacial score (nSPS) is 19.0. The molecule has 0 radical (unpaired) electrons. The van der Waals surface area contributed by atoms with E-state index in [1.165, 1.54) is 36.3 Å². The van der Waals surface area contributed by atoms with Gasteiger partial charge >= 0.3 is 0 Å².